The maximum Gasteiger partial charge on any atom is 0.267 e. The topological polar surface area (TPSA) is 73.2 Å². The highest BCUT2D eigenvalue weighted by atomic mass is 16.5. The zero-order valence-electron chi connectivity index (χ0n) is 16.0. The van der Waals surface area contributed by atoms with Gasteiger partial charge in [0.25, 0.3) is 5.56 Å². The number of amides is 1. The van der Waals surface area contributed by atoms with Gasteiger partial charge in [-0.2, -0.15) is 5.10 Å². The number of aryl methyl sites for hydroxylation is 1. The van der Waals surface area contributed by atoms with Gasteiger partial charge in [-0.05, 0) is 32.0 Å². The molecule has 0 bridgehead atoms. The molecular formula is C22H23N3O3. The predicted octanol–water partition coefficient (Wildman–Crippen LogP) is 2.97. The second-order valence-corrected chi connectivity index (χ2v) is 6.50. The molecule has 0 fully saturated rings. The fraction of sp³-hybridized carbons (Fsp3) is 0.227. The molecule has 0 aliphatic heterocycles. The maximum absolute atomic E-state index is 12.4. The normalized spacial score (nSPS) is 11.6. The number of benzene rings is 2. The molecule has 0 aliphatic carbocycles. The molecule has 6 nitrogen and oxygen atoms in total. The van der Waals surface area contributed by atoms with E-state index >= 15 is 0 Å². The highest BCUT2D eigenvalue weighted by molar-refractivity contribution is 5.79. The standard InChI is InChI=1S/C22H23N3O3/c1-16-8-10-19(11-9-16)28-15-14-23-22(27)17(2)25-21(26)13-12-20(24-25)18-6-4-3-5-7-18/h3-13,17H,14-15H2,1-2H3,(H,23,27). The van der Waals surface area contributed by atoms with Crippen LogP contribution in [0.5, 0.6) is 5.75 Å². The van der Waals surface area contributed by atoms with Gasteiger partial charge in [0.1, 0.15) is 18.4 Å². The fourth-order valence-electron chi connectivity index (χ4n) is 2.70. The lowest BCUT2D eigenvalue weighted by atomic mass is 10.1. The van der Waals surface area contributed by atoms with E-state index in [0.29, 0.717) is 18.8 Å². The molecule has 3 aromatic rings. The Labute approximate surface area is 163 Å². The number of hydrogen-bond acceptors (Lipinski definition) is 4. The number of ether oxygens (including phenoxy) is 1. The summed E-state index contributed by atoms with van der Waals surface area (Å²) >= 11 is 0. The van der Waals surface area contributed by atoms with Crippen molar-refractivity contribution in [3.05, 3.63) is 82.6 Å². The van der Waals surface area contributed by atoms with Gasteiger partial charge in [-0.3, -0.25) is 9.59 Å². The first kappa shape index (κ1) is 19.4. The van der Waals surface area contributed by atoms with Crippen molar-refractivity contribution in [2.24, 2.45) is 0 Å². The first-order chi connectivity index (χ1) is 13.5. The minimum atomic E-state index is -0.726. The van der Waals surface area contributed by atoms with Crippen LogP contribution in [0, 0.1) is 6.92 Å². The van der Waals surface area contributed by atoms with Gasteiger partial charge in [0.2, 0.25) is 5.91 Å². The lowest BCUT2D eigenvalue weighted by Gasteiger charge is -2.15. The lowest BCUT2D eigenvalue weighted by molar-refractivity contribution is -0.124. The summed E-state index contributed by atoms with van der Waals surface area (Å²) in [4.78, 5) is 24.6. The second kappa shape index (κ2) is 8.99. The first-order valence-electron chi connectivity index (χ1n) is 9.17. The van der Waals surface area contributed by atoms with Gasteiger partial charge in [0.05, 0.1) is 12.2 Å². The average molecular weight is 377 g/mol. The average Bonchev–Trinajstić information content (AvgIpc) is 2.73. The summed E-state index contributed by atoms with van der Waals surface area (Å²) in [7, 11) is 0. The van der Waals surface area contributed by atoms with E-state index in [-0.39, 0.29) is 11.5 Å². The van der Waals surface area contributed by atoms with Gasteiger partial charge in [-0.25, -0.2) is 4.68 Å². The Morgan fingerprint density at radius 1 is 1.07 bits per heavy atom. The van der Waals surface area contributed by atoms with E-state index in [1.165, 1.54) is 10.7 Å². The van der Waals surface area contributed by atoms with Gasteiger partial charge >= 0.3 is 0 Å². The van der Waals surface area contributed by atoms with E-state index in [9.17, 15) is 9.59 Å². The van der Waals surface area contributed by atoms with Crippen LogP contribution in [0.25, 0.3) is 11.3 Å². The van der Waals surface area contributed by atoms with Crippen molar-refractivity contribution in [1.82, 2.24) is 15.1 Å². The summed E-state index contributed by atoms with van der Waals surface area (Å²) in [6.45, 7) is 4.34. The van der Waals surface area contributed by atoms with E-state index in [2.05, 4.69) is 10.4 Å². The van der Waals surface area contributed by atoms with Gasteiger partial charge in [-0.15, -0.1) is 0 Å². The number of nitrogens with zero attached hydrogens (tertiary/aromatic N) is 2. The Balaban J connectivity index is 1.59. The third-order valence-corrected chi connectivity index (χ3v) is 4.33. The monoisotopic (exact) mass is 377 g/mol. The molecule has 1 atom stereocenters. The van der Waals surface area contributed by atoms with Crippen LogP contribution in [0.4, 0.5) is 0 Å². The summed E-state index contributed by atoms with van der Waals surface area (Å²) < 4.78 is 6.81. The third kappa shape index (κ3) is 4.85. The predicted molar refractivity (Wildman–Crippen MR) is 108 cm³/mol. The van der Waals surface area contributed by atoms with Crippen molar-refractivity contribution >= 4 is 5.91 Å². The number of hydrogen-bond donors (Lipinski definition) is 1. The molecular weight excluding hydrogens is 354 g/mol. The summed E-state index contributed by atoms with van der Waals surface area (Å²) in [5, 5.41) is 7.15. The number of carbonyl (C=O) groups is 1. The molecule has 0 saturated heterocycles. The maximum atomic E-state index is 12.4. The molecule has 0 spiro atoms. The smallest absolute Gasteiger partial charge is 0.267 e. The van der Waals surface area contributed by atoms with Crippen molar-refractivity contribution in [3.63, 3.8) is 0 Å². The van der Waals surface area contributed by atoms with Gasteiger partial charge in [0, 0.05) is 11.6 Å². The molecule has 0 saturated carbocycles. The molecule has 1 unspecified atom stereocenters. The lowest BCUT2D eigenvalue weighted by Crippen LogP contribution is -2.38. The van der Waals surface area contributed by atoms with Gasteiger partial charge in [-0.1, -0.05) is 48.0 Å². The third-order valence-electron chi connectivity index (χ3n) is 4.33. The Hall–Kier alpha value is -3.41. The number of aromatic nitrogens is 2. The minimum Gasteiger partial charge on any atom is -0.492 e. The SMILES string of the molecule is Cc1ccc(OCCNC(=O)C(C)n2nc(-c3ccccc3)ccc2=O)cc1. The first-order valence-corrected chi connectivity index (χ1v) is 9.17. The van der Waals surface area contributed by atoms with E-state index in [1.54, 1.807) is 13.0 Å². The molecule has 1 amide bonds. The van der Waals surface area contributed by atoms with Crippen molar-refractivity contribution in [3.8, 4) is 17.0 Å². The quantitative estimate of drug-likeness (QED) is 0.643. The van der Waals surface area contributed by atoms with Crippen molar-refractivity contribution < 1.29 is 9.53 Å². The highest BCUT2D eigenvalue weighted by Crippen LogP contribution is 2.15. The molecule has 6 heteroatoms. The zero-order valence-corrected chi connectivity index (χ0v) is 16.0. The van der Waals surface area contributed by atoms with E-state index in [0.717, 1.165) is 16.9 Å². The molecule has 1 heterocycles. The van der Waals surface area contributed by atoms with Crippen LogP contribution in [-0.2, 0) is 4.79 Å². The molecule has 3 rings (SSSR count). The van der Waals surface area contributed by atoms with Crippen LogP contribution in [0.3, 0.4) is 0 Å². The summed E-state index contributed by atoms with van der Waals surface area (Å²) in [6, 6.07) is 19.6. The molecule has 1 N–H and O–H groups in total. The van der Waals surface area contributed by atoms with Gasteiger partial charge in [0.15, 0.2) is 0 Å². The molecule has 1 aromatic heterocycles. The van der Waals surface area contributed by atoms with E-state index < -0.39 is 6.04 Å². The Morgan fingerprint density at radius 3 is 2.50 bits per heavy atom. The fourth-order valence-corrected chi connectivity index (χ4v) is 2.70. The number of rotatable bonds is 7. The Kier molecular flexibility index (Phi) is 6.22. The minimum absolute atomic E-state index is 0.285. The number of carbonyl (C=O) groups excluding carboxylic acids is 1. The molecule has 0 aliphatic rings. The Morgan fingerprint density at radius 2 is 1.79 bits per heavy atom. The summed E-state index contributed by atoms with van der Waals surface area (Å²) in [6.07, 6.45) is 0. The van der Waals surface area contributed by atoms with Crippen LogP contribution in [-0.4, -0.2) is 28.8 Å². The van der Waals surface area contributed by atoms with Crippen LogP contribution >= 0.6 is 0 Å². The van der Waals surface area contributed by atoms with Crippen molar-refractivity contribution in [2.75, 3.05) is 13.2 Å². The largest absolute Gasteiger partial charge is 0.492 e. The Bertz CT molecular complexity index is 982. The molecule has 0 radical (unpaired) electrons. The van der Waals surface area contributed by atoms with E-state index in [1.807, 2.05) is 61.5 Å². The zero-order chi connectivity index (χ0) is 19.9. The second-order valence-electron chi connectivity index (χ2n) is 6.50. The van der Waals surface area contributed by atoms with Crippen molar-refractivity contribution in [1.29, 1.82) is 0 Å². The van der Waals surface area contributed by atoms with Crippen LogP contribution in [0.15, 0.2) is 71.5 Å². The van der Waals surface area contributed by atoms with E-state index in [4.69, 9.17) is 4.74 Å². The van der Waals surface area contributed by atoms with Gasteiger partial charge < -0.3 is 10.1 Å². The molecule has 144 valence electrons. The summed E-state index contributed by atoms with van der Waals surface area (Å²) in [5.74, 6) is 0.466. The highest BCUT2D eigenvalue weighted by Gasteiger charge is 2.17. The summed E-state index contributed by atoms with van der Waals surface area (Å²) in [5.41, 5.74) is 2.36. The number of nitrogens with one attached hydrogen (secondary N) is 1. The molecule has 2 aromatic carbocycles. The van der Waals surface area contributed by atoms with Crippen LogP contribution in [0.2, 0.25) is 0 Å². The van der Waals surface area contributed by atoms with Crippen LogP contribution in [0.1, 0.15) is 18.5 Å². The molecule has 28 heavy (non-hydrogen) atoms. The van der Waals surface area contributed by atoms with Crippen LogP contribution < -0.4 is 15.6 Å². The van der Waals surface area contributed by atoms with Crippen molar-refractivity contribution in [2.45, 2.75) is 19.9 Å².